The van der Waals surface area contributed by atoms with Crippen LogP contribution in [-0.4, -0.2) is 31.8 Å². The van der Waals surface area contributed by atoms with Gasteiger partial charge in [-0.2, -0.15) is 0 Å². The molecule has 6 nitrogen and oxygen atoms in total. The maximum atomic E-state index is 12.5. The van der Waals surface area contributed by atoms with Gasteiger partial charge >= 0.3 is 5.97 Å². The predicted molar refractivity (Wildman–Crippen MR) is 120 cm³/mol. The molecule has 0 amide bonds. The highest BCUT2D eigenvalue weighted by atomic mass is 16.7. The Labute approximate surface area is 183 Å². The van der Waals surface area contributed by atoms with Gasteiger partial charge in [-0.25, -0.2) is 0 Å². The van der Waals surface area contributed by atoms with Gasteiger partial charge in [0.2, 0.25) is 6.79 Å². The van der Waals surface area contributed by atoms with Gasteiger partial charge in [-0.05, 0) is 83.2 Å². The molecule has 0 aliphatic heterocycles. The van der Waals surface area contributed by atoms with Crippen LogP contribution < -0.4 is 14.2 Å². The number of ether oxygens (including phenoxy) is 4. The second-order valence-corrected chi connectivity index (χ2v) is 7.73. The largest absolute Gasteiger partial charge is 0.494 e. The van der Waals surface area contributed by atoms with E-state index in [0.29, 0.717) is 30.3 Å². The van der Waals surface area contributed by atoms with Crippen molar-refractivity contribution in [3.8, 4) is 17.2 Å². The molecule has 166 valence electrons. The van der Waals surface area contributed by atoms with Gasteiger partial charge in [-0.1, -0.05) is 0 Å². The molecule has 0 unspecified atom stereocenters. The lowest BCUT2D eigenvalue weighted by molar-refractivity contribution is -0.159. The number of hydrogen-bond donors (Lipinski definition) is 0. The molecule has 31 heavy (non-hydrogen) atoms. The number of carbonyl (C=O) groups excluding carboxylic acids is 2. The summed E-state index contributed by atoms with van der Waals surface area (Å²) in [6.45, 7) is 10.0. The van der Waals surface area contributed by atoms with Crippen LogP contribution in [0.4, 0.5) is 0 Å². The Balaban J connectivity index is 1.99. The maximum Gasteiger partial charge on any atom is 0.314 e. The fourth-order valence-electron chi connectivity index (χ4n) is 2.53. The number of allylic oxidation sites excluding steroid dienone is 1. The first kappa shape index (κ1) is 24.0. The highest BCUT2D eigenvalue weighted by Crippen LogP contribution is 2.26. The van der Waals surface area contributed by atoms with Gasteiger partial charge in [0.05, 0.1) is 18.6 Å². The zero-order valence-electron chi connectivity index (χ0n) is 18.8. The number of ketones is 1. The molecule has 0 bridgehead atoms. The molecular weight excluding hydrogens is 396 g/mol. The Morgan fingerprint density at radius 2 is 1.52 bits per heavy atom. The molecule has 6 heteroatoms. The second-order valence-electron chi connectivity index (χ2n) is 7.73. The van der Waals surface area contributed by atoms with Crippen LogP contribution in [0, 0.1) is 5.41 Å². The number of hydrogen-bond acceptors (Lipinski definition) is 6. The van der Waals surface area contributed by atoms with Gasteiger partial charge in [0.15, 0.2) is 5.78 Å². The van der Waals surface area contributed by atoms with Gasteiger partial charge in [-0.3, -0.25) is 9.59 Å². The van der Waals surface area contributed by atoms with Gasteiger partial charge in [0.1, 0.15) is 17.2 Å². The minimum atomic E-state index is -0.586. The van der Waals surface area contributed by atoms with Crippen LogP contribution in [0.5, 0.6) is 17.2 Å². The zero-order chi connectivity index (χ0) is 22.9. The molecule has 2 rings (SSSR count). The van der Waals surface area contributed by atoms with Gasteiger partial charge < -0.3 is 18.9 Å². The number of carbonyl (C=O) groups is 2. The van der Waals surface area contributed by atoms with Crippen molar-refractivity contribution in [2.45, 2.75) is 34.6 Å². The van der Waals surface area contributed by atoms with E-state index >= 15 is 0 Å². The van der Waals surface area contributed by atoms with E-state index in [4.69, 9.17) is 18.9 Å². The molecule has 2 aromatic rings. The van der Waals surface area contributed by atoms with Crippen molar-refractivity contribution < 1.29 is 28.5 Å². The van der Waals surface area contributed by atoms with Crippen LogP contribution in [0.15, 0.2) is 48.5 Å². The summed E-state index contributed by atoms with van der Waals surface area (Å²) in [6.07, 6.45) is 3.22. The van der Waals surface area contributed by atoms with E-state index in [0.717, 1.165) is 11.3 Å². The summed E-state index contributed by atoms with van der Waals surface area (Å²) in [5, 5.41) is 0. The van der Waals surface area contributed by atoms with Crippen molar-refractivity contribution in [3.63, 3.8) is 0 Å². The molecule has 0 heterocycles. The minimum absolute atomic E-state index is 0.151. The van der Waals surface area contributed by atoms with Crippen LogP contribution in [0.3, 0.4) is 0 Å². The average molecular weight is 427 g/mol. The lowest BCUT2D eigenvalue weighted by atomic mass is 9.98. The molecule has 0 radical (unpaired) electrons. The lowest BCUT2D eigenvalue weighted by Crippen LogP contribution is -2.24. The van der Waals surface area contributed by atoms with Gasteiger partial charge in [0.25, 0.3) is 0 Å². The van der Waals surface area contributed by atoms with Crippen molar-refractivity contribution >= 4 is 17.8 Å². The first-order valence-corrected chi connectivity index (χ1v) is 10.3. The lowest BCUT2D eigenvalue weighted by Gasteiger charge is -2.16. The summed E-state index contributed by atoms with van der Waals surface area (Å²) in [4.78, 5) is 24.3. The third-order valence-electron chi connectivity index (χ3n) is 4.18. The molecular formula is C25H30O6. The van der Waals surface area contributed by atoms with E-state index in [9.17, 15) is 9.59 Å². The summed E-state index contributed by atoms with van der Waals surface area (Å²) in [6, 6.07) is 12.2. The Morgan fingerprint density at radius 3 is 2.13 bits per heavy atom. The highest BCUT2D eigenvalue weighted by Gasteiger charge is 2.23. The monoisotopic (exact) mass is 426 g/mol. The predicted octanol–water partition coefficient (Wildman–Crippen LogP) is 5.31. The van der Waals surface area contributed by atoms with Crippen LogP contribution in [0.2, 0.25) is 0 Å². The van der Waals surface area contributed by atoms with Gasteiger partial charge in [-0.15, -0.1) is 0 Å². The average Bonchev–Trinajstić information content (AvgIpc) is 2.73. The summed E-state index contributed by atoms with van der Waals surface area (Å²) in [7, 11) is 0. The molecule has 0 aliphatic carbocycles. The quantitative estimate of drug-likeness (QED) is 0.222. The molecule has 0 aromatic heterocycles. The third-order valence-corrected chi connectivity index (χ3v) is 4.18. The number of esters is 1. The Bertz CT molecular complexity index is 907. The van der Waals surface area contributed by atoms with Crippen LogP contribution in [-0.2, 0) is 9.53 Å². The van der Waals surface area contributed by atoms with Crippen LogP contribution >= 0.6 is 0 Å². The summed E-state index contributed by atoms with van der Waals surface area (Å²) < 4.78 is 21.6. The van der Waals surface area contributed by atoms with E-state index in [1.54, 1.807) is 51.1 Å². The summed E-state index contributed by atoms with van der Waals surface area (Å²) >= 11 is 0. The number of rotatable bonds is 10. The van der Waals surface area contributed by atoms with E-state index in [2.05, 4.69) is 0 Å². The summed E-state index contributed by atoms with van der Waals surface area (Å²) in [5.41, 5.74) is 0.718. The first-order valence-electron chi connectivity index (χ1n) is 10.3. The molecule has 0 atom stereocenters. The van der Waals surface area contributed by atoms with Crippen molar-refractivity contribution in [2.24, 2.45) is 5.41 Å². The van der Waals surface area contributed by atoms with E-state index in [-0.39, 0.29) is 18.5 Å². The van der Waals surface area contributed by atoms with E-state index < -0.39 is 5.41 Å². The molecule has 0 saturated heterocycles. The molecule has 0 spiro atoms. The molecule has 0 N–H and O–H groups in total. The van der Waals surface area contributed by atoms with Gasteiger partial charge in [0, 0.05) is 17.2 Å². The minimum Gasteiger partial charge on any atom is -0.494 e. The fourth-order valence-corrected chi connectivity index (χ4v) is 2.53. The molecule has 0 saturated carbocycles. The second kappa shape index (κ2) is 11.2. The Kier molecular flexibility index (Phi) is 8.67. The molecule has 0 fully saturated rings. The summed E-state index contributed by atoms with van der Waals surface area (Å²) in [5.74, 6) is 1.39. The van der Waals surface area contributed by atoms with Crippen molar-refractivity contribution in [1.29, 1.82) is 0 Å². The number of benzene rings is 2. The molecule has 2 aromatic carbocycles. The standard InChI is InChI=1S/C25H30O6/c1-6-28-21-14-10-19(23(16-21)29-7-2)11-15-22(26)18-8-12-20(13-9-18)30-17-31-24(27)25(3,4)5/h8-16H,6-7,17H2,1-5H3/b15-11+. The van der Waals surface area contributed by atoms with Crippen molar-refractivity contribution in [2.75, 3.05) is 20.0 Å². The third kappa shape index (κ3) is 7.48. The smallest absolute Gasteiger partial charge is 0.314 e. The van der Waals surface area contributed by atoms with Crippen LogP contribution in [0.25, 0.3) is 6.08 Å². The fraction of sp³-hybridized carbons (Fsp3) is 0.360. The topological polar surface area (TPSA) is 71.1 Å². The molecule has 0 aliphatic rings. The Hall–Kier alpha value is -3.28. The SMILES string of the molecule is CCOc1ccc(/C=C/C(=O)c2ccc(OCOC(=O)C(C)(C)C)cc2)c(OCC)c1. The van der Waals surface area contributed by atoms with E-state index in [1.807, 2.05) is 32.0 Å². The normalized spacial score (nSPS) is 11.3. The highest BCUT2D eigenvalue weighted by molar-refractivity contribution is 6.07. The Morgan fingerprint density at radius 1 is 0.871 bits per heavy atom. The first-order chi connectivity index (χ1) is 14.7. The zero-order valence-corrected chi connectivity index (χ0v) is 18.8. The van der Waals surface area contributed by atoms with Crippen LogP contribution in [0.1, 0.15) is 50.5 Å². The van der Waals surface area contributed by atoms with Crippen molar-refractivity contribution in [3.05, 3.63) is 59.7 Å². The van der Waals surface area contributed by atoms with Crippen molar-refractivity contribution in [1.82, 2.24) is 0 Å². The maximum absolute atomic E-state index is 12.5. The van der Waals surface area contributed by atoms with E-state index in [1.165, 1.54) is 6.08 Å².